The first-order valence-electron chi connectivity index (χ1n) is 3.51. The summed E-state index contributed by atoms with van der Waals surface area (Å²) in [5.74, 6) is 0.0999. The molecule has 1 rings (SSSR count). The smallest absolute Gasteiger partial charge is 0.410 e. The summed E-state index contributed by atoms with van der Waals surface area (Å²) in [4.78, 5) is 23.2. The number of hydrogen-bond acceptors (Lipinski definition) is 3. The second kappa shape index (κ2) is 2.90. The van der Waals surface area contributed by atoms with Crippen molar-refractivity contribution < 1.29 is 14.3 Å². The van der Waals surface area contributed by atoms with Crippen molar-refractivity contribution in [3.05, 3.63) is 0 Å². The highest BCUT2D eigenvalue weighted by Gasteiger charge is 2.31. The van der Waals surface area contributed by atoms with Crippen LogP contribution in [-0.2, 0) is 9.53 Å². The number of ketones is 1. The van der Waals surface area contributed by atoms with Gasteiger partial charge in [0, 0.05) is 12.5 Å². The van der Waals surface area contributed by atoms with E-state index in [4.69, 9.17) is 0 Å². The van der Waals surface area contributed by atoms with E-state index in [-0.39, 0.29) is 18.4 Å². The molecular formula is C7H11NO3. The van der Waals surface area contributed by atoms with Crippen molar-refractivity contribution in [2.75, 3.05) is 13.7 Å². The van der Waals surface area contributed by atoms with Gasteiger partial charge >= 0.3 is 6.09 Å². The minimum absolute atomic E-state index is 0.00468. The van der Waals surface area contributed by atoms with E-state index in [0.717, 1.165) is 0 Å². The topological polar surface area (TPSA) is 46.6 Å². The lowest BCUT2D eigenvalue weighted by Crippen LogP contribution is -2.33. The summed E-state index contributed by atoms with van der Waals surface area (Å²) in [6, 6.07) is -0.00468. The molecule has 4 nitrogen and oxygen atoms in total. The van der Waals surface area contributed by atoms with Gasteiger partial charge in [0.25, 0.3) is 0 Å². The molecule has 0 saturated carbocycles. The molecular weight excluding hydrogens is 146 g/mol. The Labute approximate surface area is 65.1 Å². The third-order valence-corrected chi connectivity index (χ3v) is 1.81. The zero-order chi connectivity index (χ0) is 8.43. The van der Waals surface area contributed by atoms with Crippen molar-refractivity contribution in [3.8, 4) is 0 Å². The molecule has 0 aromatic heterocycles. The van der Waals surface area contributed by atoms with E-state index in [1.807, 2.05) is 6.92 Å². The van der Waals surface area contributed by atoms with E-state index in [0.29, 0.717) is 6.42 Å². The fraction of sp³-hybridized carbons (Fsp3) is 0.714. The summed E-state index contributed by atoms with van der Waals surface area (Å²) in [5.41, 5.74) is 0. The van der Waals surface area contributed by atoms with Gasteiger partial charge in [-0.15, -0.1) is 0 Å². The van der Waals surface area contributed by atoms with Gasteiger partial charge in [-0.05, 0) is 6.92 Å². The molecule has 4 heteroatoms. The number of nitrogens with zero attached hydrogens (tertiary/aromatic N) is 1. The highest BCUT2D eigenvalue weighted by atomic mass is 16.5. The SMILES string of the molecule is COC(=O)N1CC(=O)CC1C. The van der Waals surface area contributed by atoms with Gasteiger partial charge in [0.05, 0.1) is 13.7 Å². The number of Topliss-reactive ketones (excluding diaryl/α,β-unsaturated/α-hetero) is 1. The number of hydrogen-bond donors (Lipinski definition) is 0. The Morgan fingerprint density at radius 2 is 2.36 bits per heavy atom. The highest BCUT2D eigenvalue weighted by Crippen LogP contribution is 2.13. The molecule has 1 aliphatic rings. The Hall–Kier alpha value is -1.06. The van der Waals surface area contributed by atoms with Gasteiger partial charge in [0.1, 0.15) is 0 Å². The summed E-state index contributed by atoms with van der Waals surface area (Å²) in [7, 11) is 1.32. The second-order valence-corrected chi connectivity index (χ2v) is 2.69. The van der Waals surface area contributed by atoms with Crippen molar-refractivity contribution >= 4 is 11.9 Å². The molecule has 1 unspecified atom stereocenters. The van der Waals surface area contributed by atoms with Crippen LogP contribution in [0.2, 0.25) is 0 Å². The molecule has 0 spiro atoms. The summed E-state index contributed by atoms with van der Waals surface area (Å²) in [6.07, 6.45) is 0.0399. The van der Waals surface area contributed by atoms with Crippen LogP contribution in [0.3, 0.4) is 0 Å². The lowest BCUT2D eigenvalue weighted by Gasteiger charge is -2.17. The number of carbonyl (C=O) groups excluding carboxylic acids is 2. The van der Waals surface area contributed by atoms with E-state index in [1.54, 1.807) is 0 Å². The monoisotopic (exact) mass is 157 g/mol. The van der Waals surface area contributed by atoms with E-state index in [1.165, 1.54) is 12.0 Å². The third kappa shape index (κ3) is 1.50. The molecule has 1 aliphatic heterocycles. The minimum atomic E-state index is -0.414. The number of methoxy groups -OCH3 is 1. The predicted molar refractivity (Wildman–Crippen MR) is 38.2 cm³/mol. The fourth-order valence-electron chi connectivity index (χ4n) is 1.21. The van der Waals surface area contributed by atoms with Crippen LogP contribution in [-0.4, -0.2) is 36.5 Å². The Morgan fingerprint density at radius 3 is 2.73 bits per heavy atom. The highest BCUT2D eigenvalue weighted by molar-refractivity contribution is 5.88. The minimum Gasteiger partial charge on any atom is -0.453 e. The van der Waals surface area contributed by atoms with Crippen molar-refractivity contribution in [1.29, 1.82) is 0 Å². The maximum absolute atomic E-state index is 10.9. The third-order valence-electron chi connectivity index (χ3n) is 1.81. The van der Waals surface area contributed by atoms with Crippen LogP contribution in [0.5, 0.6) is 0 Å². The van der Waals surface area contributed by atoms with Gasteiger partial charge < -0.3 is 4.74 Å². The largest absolute Gasteiger partial charge is 0.453 e. The Balaban J connectivity index is 2.59. The Morgan fingerprint density at radius 1 is 1.73 bits per heavy atom. The molecule has 62 valence electrons. The first-order valence-corrected chi connectivity index (χ1v) is 3.51. The van der Waals surface area contributed by atoms with Gasteiger partial charge in [-0.25, -0.2) is 4.79 Å². The maximum atomic E-state index is 10.9. The predicted octanol–water partition coefficient (Wildman–Crippen LogP) is 0.416. The molecule has 1 fully saturated rings. The number of ether oxygens (including phenoxy) is 1. The Bertz CT molecular complexity index is 190. The molecule has 0 aromatic carbocycles. The molecule has 0 bridgehead atoms. The summed E-state index contributed by atoms with van der Waals surface area (Å²) in [6.45, 7) is 2.04. The van der Waals surface area contributed by atoms with Gasteiger partial charge in [0.2, 0.25) is 0 Å². The van der Waals surface area contributed by atoms with Gasteiger partial charge in [-0.3, -0.25) is 9.69 Å². The van der Waals surface area contributed by atoms with Crippen molar-refractivity contribution in [3.63, 3.8) is 0 Å². The van der Waals surface area contributed by atoms with Crippen LogP contribution in [0, 0.1) is 0 Å². The molecule has 1 amide bonds. The normalized spacial score (nSPS) is 24.0. The van der Waals surface area contributed by atoms with Crippen molar-refractivity contribution in [1.82, 2.24) is 4.90 Å². The van der Waals surface area contributed by atoms with E-state index >= 15 is 0 Å². The summed E-state index contributed by atoms with van der Waals surface area (Å²) < 4.78 is 4.49. The second-order valence-electron chi connectivity index (χ2n) is 2.69. The molecule has 1 heterocycles. The van der Waals surface area contributed by atoms with Gasteiger partial charge in [-0.1, -0.05) is 0 Å². The molecule has 1 atom stereocenters. The summed E-state index contributed by atoms with van der Waals surface area (Å²) in [5, 5.41) is 0. The lowest BCUT2D eigenvalue weighted by atomic mass is 10.2. The van der Waals surface area contributed by atoms with Crippen molar-refractivity contribution in [2.45, 2.75) is 19.4 Å². The zero-order valence-corrected chi connectivity index (χ0v) is 6.66. The van der Waals surface area contributed by atoms with E-state index < -0.39 is 6.09 Å². The molecule has 0 N–H and O–H groups in total. The van der Waals surface area contributed by atoms with Crippen LogP contribution < -0.4 is 0 Å². The number of amides is 1. The van der Waals surface area contributed by atoms with Crippen LogP contribution >= 0.6 is 0 Å². The average Bonchev–Trinajstić information content (AvgIpc) is 2.28. The number of carbonyl (C=O) groups is 2. The van der Waals surface area contributed by atoms with Crippen molar-refractivity contribution in [2.24, 2.45) is 0 Å². The first-order chi connectivity index (χ1) is 5.15. The standard InChI is InChI=1S/C7H11NO3/c1-5-3-6(9)4-8(5)7(10)11-2/h5H,3-4H2,1-2H3. The molecule has 0 aromatic rings. The zero-order valence-electron chi connectivity index (χ0n) is 6.66. The first kappa shape index (κ1) is 8.04. The van der Waals surface area contributed by atoms with Gasteiger partial charge in [0.15, 0.2) is 5.78 Å². The molecule has 11 heavy (non-hydrogen) atoms. The van der Waals surface area contributed by atoms with E-state index in [9.17, 15) is 9.59 Å². The molecule has 0 radical (unpaired) electrons. The Kier molecular flexibility index (Phi) is 2.12. The fourth-order valence-corrected chi connectivity index (χ4v) is 1.21. The molecule has 1 saturated heterocycles. The quantitative estimate of drug-likeness (QED) is 0.511. The summed E-state index contributed by atoms with van der Waals surface area (Å²) >= 11 is 0. The van der Waals surface area contributed by atoms with Crippen LogP contribution in [0.25, 0.3) is 0 Å². The van der Waals surface area contributed by atoms with Crippen LogP contribution in [0.1, 0.15) is 13.3 Å². The average molecular weight is 157 g/mol. The number of rotatable bonds is 0. The maximum Gasteiger partial charge on any atom is 0.410 e. The van der Waals surface area contributed by atoms with Crippen LogP contribution in [0.15, 0.2) is 0 Å². The van der Waals surface area contributed by atoms with Gasteiger partial charge in [-0.2, -0.15) is 0 Å². The van der Waals surface area contributed by atoms with Crippen LogP contribution in [0.4, 0.5) is 4.79 Å². The number of likely N-dealkylation sites (tertiary alicyclic amines) is 1. The lowest BCUT2D eigenvalue weighted by molar-refractivity contribution is -0.116. The van der Waals surface area contributed by atoms with E-state index in [2.05, 4.69) is 4.74 Å². The molecule has 0 aliphatic carbocycles.